The van der Waals surface area contributed by atoms with Gasteiger partial charge in [0.1, 0.15) is 35.9 Å². The Morgan fingerprint density at radius 3 is 2.46 bits per heavy atom. The van der Waals surface area contributed by atoms with E-state index in [4.69, 9.17) is 14.2 Å². The molecule has 5 N–H and O–H groups in total. The fourth-order valence-electron chi connectivity index (χ4n) is 2.95. The second kappa shape index (κ2) is 9.50. The highest BCUT2D eigenvalue weighted by molar-refractivity contribution is 5.38. The lowest BCUT2D eigenvalue weighted by atomic mass is 9.98. The Kier molecular flexibility index (Phi) is 7.63. The molecule has 6 atom stereocenters. The molecule has 0 radical (unpaired) electrons. The molecule has 1 aromatic carbocycles. The summed E-state index contributed by atoms with van der Waals surface area (Å²) in [6, 6.07) is 4.71. The molecular formula is C18H28O8. The number of hydrogen-bond acceptors (Lipinski definition) is 8. The average Bonchev–Trinajstić information content (AvgIpc) is 2.64. The van der Waals surface area contributed by atoms with E-state index in [1.54, 1.807) is 6.07 Å². The van der Waals surface area contributed by atoms with E-state index in [1.807, 2.05) is 6.92 Å². The zero-order valence-corrected chi connectivity index (χ0v) is 15.0. The van der Waals surface area contributed by atoms with Crippen molar-refractivity contribution < 1.29 is 39.7 Å². The van der Waals surface area contributed by atoms with Crippen molar-refractivity contribution in [2.24, 2.45) is 0 Å². The highest BCUT2D eigenvalue weighted by Crippen LogP contribution is 2.34. The van der Waals surface area contributed by atoms with Crippen LogP contribution < -0.4 is 4.74 Å². The van der Waals surface area contributed by atoms with Crippen LogP contribution in [0.3, 0.4) is 0 Å². The van der Waals surface area contributed by atoms with Crippen molar-refractivity contribution >= 4 is 0 Å². The van der Waals surface area contributed by atoms with Crippen LogP contribution in [0.5, 0.6) is 11.5 Å². The van der Waals surface area contributed by atoms with Crippen LogP contribution in [0.1, 0.15) is 37.9 Å². The van der Waals surface area contributed by atoms with Crippen molar-refractivity contribution in [3.63, 3.8) is 0 Å². The van der Waals surface area contributed by atoms with E-state index in [-0.39, 0.29) is 5.75 Å². The second-order valence-corrected chi connectivity index (χ2v) is 6.43. The van der Waals surface area contributed by atoms with E-state index in [2.05, 4.69) is 0 Å². The molecule has 0 spiro atoms. The first-order chi connectivity index (χ1) is 12.4. The predicted octanol–water partition coefficient (Wildman–Crippen LogP) is 0.449. The highest BCUT2D eigenvalue weighted by atomic mass is 16.7. The van der Waals surface area contributed by atoms with Gasteiger partial charge in [0, 0.05) is 6.07 Å². The summed E-state index contributed by atoms with van der Waals surface area (Å²) in [5, 5.41) is 49.2. The van der Waals surface area contributed by atoms with Gasteiger partial charge in [-0.2, -0.15) is 0 Å². The summed E-state index contributed by atoms with van der Waals surface area (Å²) in [6.45, 7) is 1.50. The highest BCUT2D eigenvalue weighted by Gasteiger charge is 2.44. The van der Waals surface area contributed by atoms with Crippen LogP contribution in [0, 0.1) is 0 Å². The number of methoxy groups -OCH3 is 1. The number of aromatic hydroxyl groups is 1. The first-order valence-electron chi connectivity index (χ1n) is 8.75. The van der Waals surface area contributed by atoms with Gasteiger partial charge in [0.15, 0.2) is 6.29 Å². The number of aliphatic hydroxyl groups excluding tert-OH is 4. The van der Waals surface area contributed by atoms with Crippen molar-refractivity contribution in [3.05, 3.63) is 23.8 Å². The van der Waals surface area contributed by atoms with Gasteiger partial charge < -0.3 is 39.7 Å². The Balaban J connectivity index is 2.23. The number of rotatable bonds is 8. The van der Waals surface area contributed by atoms with Gasteiger partial charge in [-0.25, -0.2) is 0 Å². The van der Waals surface area contributed by atoms with Gasteiger partial charge in [-0.05, 0) is 24.1 Å². The van der Waals surface area contributed by atoms with E-state index < -0.39 is 43.4 Å². The Bertz CT molecular complexity index is 564. The SMILES string of the molecule is CCCCC(O[C@@H]1O[C@H](CO)[C@@H](O)[C@H](O)[C@H]1O)c1cc(O)cc(OC)c1. The molecule has 1 aromatic rings. The molecule has 0 saturated carbocycles. The Hall–Kier alpha value is -1.42. The first-order valence-corrected chi connectivity index (χ1v) is 8.75. The lowest BCUT2D eigenvalue weighted by Gasteiger charge is -2.41. The predicted molar refractivity (Wildman–Crippen MR) is 91.8 cm³/mol. The largest absolute Gasteiger partial charge is 0.508 e. The summed E-state index contributed by atoms with van der Waals surface area (Å²) < 4.78 is 16.5. The van der Waals surface area contributed by atoms with Gasteiger partial charge in [0.2, 0.25) is 0 Å². The third-order valence-corrected chi connectivity index (χ3v) is 4.49. The van der Waals surface area contributed by atoms with Crippen LogP contribution in [-0.2, 0) is 9.47 Å². The van der Waals surface area contributed by atoms with E-state index in [9.17, 15) is 25.5 Å². The number of benzene rings is 1. The molecule has 2 rings (SSSR count). The lowest BCUT2D eigenvalue weighted by molar-refractivity contribution is -0.313. The molecule has 0 aliphatic carbocycles. The van der Waals surface area contributed by atoms with Crippen LogP contribution >= 0.6 is 0 Å². The summed E-state index contributed by atoms with van der Waals surface area (Å²) in [6.07, 6.45) is -4.93. The maximum atomic E-state index is 10.2. The number of phenolic OH excluding ortho intramolecular Hbond substituents is 1. The number of hydrogen-bond donors (Lipinski definition) is 5. The summed E-state index contributed by atoms with van der Waals surface area (Å²) in [5.41, 5.74) is 0.632. The molecule has 1 saturated heterocycles. The lowest BCUT2D eigenvalue weighted by Crippen LogP contribution is -2.59. The van der Waals surface area contributed by atoms with Crippen molar-refractivity contribution in [1.82, 2.24) is 0 Å². The van der Waals surface area contributed by atoms with Crippen molar-refractivity contribution in [3.8, 4) is 11.5 Å². The zero-order chi connectivity index (χ0) is 19.3. The molecule has 1 heterocycles. The molecular weight excluding hydrogens is 344 g/mol. The Morgan fingerprint density at radius 1 is 1.12 bits per heavy atom. The molecule has 0 aromatic heterocycles. The summed E-state index contributed by atoms with van der Waals surface area (Å²) in [5.74, 6) is 0.470. The van der Waals surface area contributed by atoms with E-state index in [1.165, 1.54) is 19.2 Å². The van der Waals surface area contributed by atoms with Crippen LogP contribution in [0.25, 0.3) is 0 Å². The fraction of sp³-hybridized carbons (Fsp3) is 0.667. The second-order valence-electron chi connectivity index (χ2n) is 6.43. The molecule has 1 aliphatic heterocycles. The molecule has 148 valence electrons. The number of aliphatic hydroxyl groups is 4. The average molecular weight is 372 g/mol. The minimum atomic E-state index is -1.50. The minimum Gasteiger partial charge on any atom is -0.508 e. The Labute approximate surface area is 152 Å². The number of ether oxygens (including phenoxy) is 3. The molecule has 26 heavy (non-hydrogen) atoms. The molecule has 8 heteroatoms. The third-order valence-electron chi connectivity index (χ3n) is 4.49. The maximum absolute atomic E-state index is 10.2. The first kappa shape index (κ1) is 20.9. The molecule has 1 aliphatic rings. The smallest absolute Gasteiger partial charge is 0.187 e. The fourth-order valence-corrected chi connectivity index (χ4v) is 2.95. The summed E-state index contributed by atoms with van der Waals surface area (Å²) >= 11 is 0. The maximum Gasteiger partial charge on any atom is 0.187 e. The van der Waals surface area contributed by atoms with Gasteiger partial charge >= 0.3 is 0 Å². The van der Waals surface area contributed by atoms with Crippen LogP contribution in [0.2, 0.25) is 0 Å². The Morgan fingerprint density at radius 2 is 1.85 bits per heavy atom. The topological polar surface area (TPSA) is 129 Å². The van der Waals surface area contributed by atoms with Gasteiger partial charge in [0.05, 0.1) is 19.8 Å². The van der Waals surface area contributed by atoms with Crippen LogP contribution in [-0.4, -0.2) is 70.0 Å². The van der Waals surface area contributed by atoms with Crippen molar-refractivity contribution in [1.29, 1.82) is 0 Å². The van der Waals surface area contributed by atoms with Crippen LogP contribution in [0.4, 0.5) is 0 Å². The van der Waals surface area contributed by atoms with Gasteiger partial charge in [-0.1, -0.05) is 19.8 Å². The third kappa shape index (κ3) is 4.85. The van der Waals surface area contributed by atoms with Gasteiger partial charge in [-0.3, -0.25) is 0 Å². The van der Waals surface area contributed by atoms with E-state index >= 15 is 0 Å². The standard InChI is InChI=1S/C18H28O8/c1-3-4-5-13(10-6-11(20)8-12(7-10)24-2)25-18-17(23)16(22)15(21)14(9-19)26-18/h6-8,13-23H,3-5,9H2,1-2H3/t13?,14-,15-,16+,17-,18-/m1/s1. The normalized spacial score (nSPS) is 30.2. The van der Waals surface area contributed by atoms with Crippen molar-refractivity contribution in [2.45, 2.75) is 63.0 Å². The zero-order valence-electron chi connectivity index (χ0n) is 15.0. The number of phenols is 1. The van der Waals surface area contributed by atoms with Gasteiger partial charge in [-0.15, -0.1) is 0 Å². The molecule has 1 unspecified atom stereocenters. The quantitative estimate of drug-likeness (QED) is 0.445. The monoisotopic (exact) mass is 372 g/mol. The van der Waals surface area contributed by atoms with E-state index in [0.717, 1.165) is 12.8 Å². The number of unbranched alkanes of at least 4 members (excludes halogenated alkanes) is 1. The summed E-state index contributed by atoms with van der Waals surface area (Å²) in [7, 11) is 1.48. The molecule has 0 amide bonds. The summed E-state index contributed by atoms with van der Waals surface area (Å²) in [4.78, 5) is 0. The van der Waals surface area contributed by atoms with Crippen LogP contribution in [0.15, 0.2) is 18.2 Å². The molecule has 0 bridgehead atoms. The van der Waals surface area contributed by atoms with Crippen molar-refractivity contribution in [2.75, 3.05) is 13.7 Å². The minimum absolute atomic E-state index is 0.0123. The van der Waals surface area contributed by atoms with E-state index in [0.29, 0.717) is 17.7 Å². The van der Waals surface area contributed by atoms with Gasteiger partial charge in [0.25, 0.3) is 0 Å². The molecule has 1 fully saturated rings. The molecule has 8 nitrogen and oxygen atoms in total.